The highest BCUT2D eigenvalue weighted by Crippen LogP contribution is 2.18. The van der Waals surface area contributed by atoms with Crippen LogP contribution in [0.1, 0.15) is 39.0 Å². The minimum absolute atomic E-state index is 0.213. The summed E-state index contributed by atoms with van der Waals surface area (Å²) in [4.78, 5) is 6.81. The van der Waals surface area contributed by atoms with E-state index in [2.05, 4.69) is 27.4 Å². The van der Waals surface area contributed by atoms with Gasteiger partial charge < -0.3 is 10.6 Å². The molecule has 2 heterocycles. The molecule has 2 N–H and O–H groups in total. The first-order valence-corrected chi connectivity index (χ1v) is 10.7. The molecule has 0 bridgehead atoms. The summed E-state index contributed by atoms with van der Waals surface area (Å²) in [7, 11) is -1.04. The molecular weight excluding hydrogens is 312 g/mol. The van der Waals surface area contributed by atoms with Crippen LogP contribution in [0.2, 0.25) is 0 Å². The molecule has 134 valence electrons. The number of sulfone groups is 1. The van der Waals surface area contributed by atoms with Crippen molar-refractivity contribution >= 4 is 15.8 Å². The average molecular weight is 345 g/mol. The van der Waals surface area contributed by atoms with Gasteiger partial charge in [-0.2, -0.15) is 0 Å². The van der Waals surface area contributed by atoms with Crippen LogP contribution in [0.3, 0.4) is 0 Å². The van der Waals surface area contributed by atoms with Gasteiger partial charge >= 0.3 is 0 Å². The van der Waals surface area contributed by atoms with Gasteiger partial charge in [-0.25, -0.2) is 8.42 Å². The van der Waals surface area contributed by atoms with Crippen LogP contribution in [0.25, 0.3) is 0 Å². The summed E-state index contributed by atoms with van der Waals surface area (Å²) in [6, 6.07) is 0.726. The Labute approximate surface area is 141 Å². The van der Waals surface area contributed by atoms with Crippen molar-refractivity contribution in [1.82, 2.24) is 15.5 Å². The largest absolute Gasteiger partial charge is 0.356 e. The Morgan fingerprint density at radius 2 is 2.09 bits per heavy atom. The second-order valence-electron chi connectivity index (χ2n) is 6.74. The van der Waals surface area contributed by atoms with Gasteiger partial charge in [0.1, 0.15) is 0 Å². The number of nitrogens with zero attached hydrogens (tertiary/aromatic N) is 2. The zero-order chi connectivity index (χ0) is 16.7. The Kier molecular flexibility index (Phi) is 7.14. The van der Waals surface area contributed by atoms with E-state index in [1.54, 1.807) is 7.05 Å². The summed E-state index contributed by atoms with van der Waals surface area (Å²) < 4.78 is 23.0. The molecule has 2 atom stereocenters. The molecule has 0 amide bonds. The predicted molar refractivity (Wildman–Crippen MR) is 95.6 cm³/mol. The molecule has 2 aliphatic heterocycles. The fourth-order valence-electron chi connectivity index (χ4n) is 3.63. The molecule has 0 aromatic heterocycles. The lowest BCUT2D eigenvalue weighted by Crippen LogP contribution is -2.46. The number of hydrogen-bond donors (Lipinski definition) is 2. The van der Waals surface area contributed by atoms with Crippen molar-refractivity contribution in [2.45, 2.75) is 45.1 Å². The van der Waals surface area contributed by atoms with Crippen LogP contribution in [0.4, 0.5) is 0 Å². The summed E-state index contributed by atoms with van der Waals surface area (Å²) in [5.74, 6) is 1.63. The summed E-state index contributed by atoms with van der Waals surface area (Å²) in [6.45, 7) is 6.06. The molecule has 2 saturated heterocycles. The van der Waals surface area contributed by atoms with Crippen LogP contribution in [0, 0.1) is 5.92 Å². The van der Waals surface area contributed by atoms with Gasteiger partial charge in [0.25, 0.3) is 0 Å². The molecule has 2 fully saturated rings. The zero-order valence-corrected chi connectivity index (χ0v) is 15.4. The van der Waals surface area contributed by atoms with Crippen molar-refractivity contribution in [3.63, 3.8) is 0 Å². The highest BCUT2D eigenvalue weighted by atomic mass is 32.2. The molecule has 0 aromatic rings. The van der Waals surface area contributed by atoms with Gasteiger partial charge in [-0.1, -0.05) is 13.3 Å². The minimum Gasteiger partial charge on any atom is -0.356 e. The van der Waals surface area contributed by atoms with Gasteiger partial charge in [-0.15, -0.1) is 0 Å². The first-order chi connectivity index (χ1) is 11.0. The Bertz CT molecular complexity index is 492. The standard InChI is InChI=1S/C16H32N4O2S/c1-3-15-6-4-5-9-20(15)10-8-18-16(17-2)19-12-14-7-11-23(21,22)13-14/h14-15H,3-13H2,1-2H3,(H2,17,18,19). The van der Waals surface area contributed by atoms with E-state index in [1.807, 2.05) is 0 Å². The van der Waals surface area contributed by atoms with Gasteiger partial charge in [0.15, 0.2) is 15.8 Å². The lowest BCUT2D eigenvalue weighted by atomic mass is 10.0. The molecule has 0 saturated carbocycles. The van der Waals surface area contributed by atoms with Crippen molar-refractivity contribution in [3.8, 4) is 0 Å². The van der Waals surface area contributed by atoms with Crippen molar-refractivity contribution in [2.75, 3.05) is 44.7 Å². The van der Waals surface area contributed by atoms with Gasteiger partial charge in [-0.3, -0.25) is 9.89 Å². The van der Waals surface area contributed by atoms with E-state index >= 15 is 0 Å². The van der Waals surface area contributed by atoms with E-state index in [9.17, 15) is 8.42 Å². The number of rotatable bonds is 6. The highest BCUT2D eigenvalue weighted by molar-refractivity contribution is 7.91. The van der Waals surface area contributed by atoms with Gasteiger partial charge in [-0.05, 0) is 38.1 Å². The third-order valence-electron chi connectivity index (χ3n) is 5.02. The predicted octanol–water partition coefficient (Wildman–Crippen LogP) is 0.851. The number of aliphatic imine (C=N–C) groups is 1. The Morgan fingerprint density at radius 3 is 2.74 bits per heavy atom. The molecule has 0 spiro atoms. The molecule has 0 aliphatic carbocycles. The summed E-state index contributed by atoms with van der Waals surface area (Å²) in [6.07, 6.45) is 5.97. The molecule has 2 aliphatic rings. The first kappa shape index (κ1) is 18.5. The third kappa shape index (κ3) is 5.95. The lowest BCUT2D eigenvalue weighted by molar-refractivity contribution is 0.147. The molecule has 2 rings (SSSR count). The molecular formula is C16H32N4O2S. The fraction of sp³-hybridized carbons (Fsp3) is 0.938. The van der Waals surface area contributed by atoms with E-state index in [0.29, 0.717) is 18.1 Å². The summed E-state index contributed by atoms with van der Waals surface area (Å²) in [5.41, 5.74) is 0. The molecule has 0 radical (unpaired) electrons. The van der Waals surface area contributed by atoms with Crippen LogP contribution < -0.4 is 10.6 Å². The molecule has 23 heavy (non-hydrogen) atoms. The van der Waals surface area contributed by atoms with Crippen molar-refractivity contribution in [2.24, 2.45) is 10.9 Å². The highest BCUT2D eigenvalue weighted by Gasteiger charge is 2.27. The summed E-state index contributed by atoms with van der Waals surface area (Å²) in [5, 5.41) is 6.62. The van der Waals surface area contributed by atoms with E-state index in [0.717, 1.165) is 31.5 Å². The first-order valence-electron chi connectivity index (χ1n) is 8.93. The second kappa shape index (κ2) is 8.87. The monoisotopic (exact) mass is 344 g/mol. The minimum atomic E-state index is -2.80. The van der Waals surface area contributed by atoms with Gasteiger partial charge in [0.2, 0.25) is 0 Å². The van der Waals surface area contributed by atoms with E-state index in [-0.39, 0.29) is 5.92 Å². The topological polar surface area (TPSA) is 73.8 Å². The fourth-order valence-corrected chi connectivity index (χ4v) is 5.49. The van der Waals surface area contributed by atoms with Crippen molar-refractivity contribution in [3.05, 3.63) is 0 Å². The summed E-state index contributed by atoms with van der Waals surface area (Å²) >= 11 is 0. The van der Waals surface area contributed by atoms with Crippen LogP contribution in [0.15, 0.2) is 4.99 Å². The number of piperidine rings is 1. The number of likely N-dealkylation sites (tertiary alicyclic amines) is 1. The Hall–Kier alpha value is -0.820. The maximum atomic E-state index is 11.5. The Morgan fingerprint density at radius 1 is 1.26 bits per heavy atom. The van der Waals surface area contributed by atoms with Crippen molar-refractivity contribution in [1.29, 1.82) is 0 Å². The van der Waals surface area contributed by atoms with E-state index in [4.69, 9.17) is 0 Å². The average Bonchev–Trinajstić information content (AvgIpc) is 2.90. The lowest BCUT2D eigenvalue weighted by Gasteiger charge is -2.35. The number of hydrogen-bond acceptors (Lipinski definition) is 4. The quantitative estimate of drug-likeness (QED) is 0.552. The SMILES string of the molecule is CCC1CCCCN1CCNC(=NC)NCC1CCS(=O)(=O)C1. The molecule has 7 heteroatoms. The smallest absolute Gasteiger partial charge is 0.191 e. The van der Waals surface area contributed by atoms with E-state index in [1.165, 1.54) is 32.2 Å². The Balaban J connectivity index is 1.67. The molecule has 2 unspecified atom stereocenters. The normalized spacial score (nSPS) is 28.7. The van der Waals surface area contributed by atoms with Crippen LogP contribution in [-0.2, 0) is 9.84 Å². The molecule has 0 aromatic carbocycles. The van der Waals surface area contributed by atoms with E-state index < -0.39 is 9.84 Å². The maximum absolute atomic E-state index is 11.5. The van der Waals surface area contributed by atoms with Crippen LogP contribution >= 0.6 is 0 Å². The number of guanidine groups is 1. The van der Waals surface area contributed by atoms with Crippen molar-refractivity contribution < 1.29 is 8.42 Å². The number of nitrogens with one attached hydrogen (secondary N) is 2. The molecule has 6 nitrogen and oxygen atoms in total. The third-order valence-corrected chi connectivity index (χ3v) is 6.86. The zero-order valence-electron chi connectivity index (χ0n) is 14.6. The maximum Gasteiger partial charge on any atom is 0.191 e. The van der Waals surface area contributed by atoms with Crippen LogP contribution in [-0.4, -0.2) is 70.1 Å². The van der Waals surface area contributed by atoms with Crippen LogP contribution in [0.5, 0.6) is 0 Å². The second-order valence-corrected chi connectivity index (χ2v) is 8.97. The van der Waals surface area contributed by atoms with Gasteiger partial charge in [0.05, 0.1) is 11.5 Å². The van der Waals surface area contributed by atoms with Gasteiger partial charge in [0, 0.05) is 32.7 Å².